The van der Waals surface area contributed by atoms with E-state index in [1.54, 1.807) is 0 Å². The first-order valence-corrected chi connectivity index (χ1v) is 16.7. The Morgan fingerprint density at radius 2 is 0.729 bits per heavy atom. The summed E-state index contributed by atoms with van der Waals surface area (Å²) in [6, 6.07) is 66.9. The van der Waals surface area contributed by atoms with E-state index in [4.69, 9.17) is 0 Å². The quantitative estimate of drug-likeness (QED) is 0.187. The van der Waals surface area contributed by atoms with Gasteiger partial charge in [0.1, 0.15) is 0 Å². The van der Waals surface area contributed by atoms with Gasteiger partial charge in [-0.25, -0.2) is 0 Å². The zero-order valence-corrected chi connectivity index (χ0v) is 26.3. The van der Waals surface area contributed by atoms with Gasteiger partial charge >= 0.3 is 0 Å². The van der Waals surface area contributed by atoms with Crippen molar-refractivity contribution in [3.8, 4) is 66.8 Å². The minimum atomic E-state index is 1.23. The highest BCUT2D eigenvalue weighted by atomic mass is 14.3. The van der Waals surface area contributed by atoms with Crippen molar-refractivity contribution in [3.05, 3.63) is 182 Å². The molecular formula is C48H30. The highest BCUT2D eigenvalue weighted by Crippen LogP contribution is 2.58. The Morgan fingerprint density at radius 3 is 1.40 bits per heavy atom. The van der Waals surface area contributed by atoms with E-state index in [-0.39, 0.29) is 0 Å². The van der Waals surface area contributed by atoms with Crippen LogP contribution in [0.1, 0.15) is 0 Å². The molecule has 0 spiro atoms. The lowest BCUT2D eigenvalue weighted by atomic mass is 9.82. The molecule has 0 saturated carbocycles. The summed E-state index contributed by atoms with van der Waals surface area (Å²) in [5.41, 5.74) is 15.4. The lowest BCUT2D eigenvalue weighted by Gasteiger charge is -2.20. The van der Waals surface area contributed by atoms with Gasteiger partial charge in [-0.05, 0) is 105 Å². The van der Waals surface area contributed by atoms with Gasteiger partial charge in [0, 0.05) is 0 Å². The summed E-state index contributed by atoms with van der Waals surface area (Å²) in [7, 11) is 0. The molecule has 10 rings (SSSR count). The minimum absolute atomic E-state index is 1.23. The molecule has 0 radical (unpaired) electrons. The monoisotopic (exact) mass is 606 g/mol. The van der Waals surface area contributed by atoms with Crippen LogP contribution in [0.3, 0.4) is 0 Å². The summed E-state index contributed by atoms with van der Waals surface area (Å²) >= 11 is 0. The Balaban J connectivity index is 1.21. The molecule has 0 N–H and O–H groups in total. The largest absolute Gasteiger partial charge is 0.0622 e. The normalized spacial score (nSPS) is 11.8. The van der Waals surface area contributed by atoms with Gasteiger partial charge in [-0.3, -0.25) is 0 Å². The second-order valence-electron chi connectivity index (χ2n) is 12.8. The highest BCUT2D eigenvalue weighted by molar-refractivity contribution is 6.28. The number of fused-ring (bicyclic) bond motifs is 5. The van der Waals surface area contributed by atoms with Crippen molar-refractivity contribution < 1.29 is 0 Å². The molecule has 0 aliphatic heterocycles. The maximum Gasteiger partial charge on any atom is -0.000741 e. The Morgan fingerprint density at radius 1 is 0.229 bits per heavy atom. The van der Waals surface area contributed by atoms with E-state index in [2.05, 4.69) is 182 Å². The second-order valence-corrected chi connectivity index (χ2v) is 12.8. The average molecular weight is 607 g/mol. The summed E-state index contributed by atoms with van der Waals surface area (Å²) in [6.45, 7) is 0. The third-order valence-electron chi connectivity index (χ3n) is 10.2. The molecule has 0 heterocycles. The fourth-order valence-electron chi connectivity index (χ4n) is 8.07. The topological polar surface area (TPSA) is 0 Å². The molecule has 0 aromatic heterocycles. The Bertz CT molecular complexity index is 2590. The molecule has 0 amide bonds. The summed E-state index contributed by atoms with van der Waals surface area (Å²) in [5, 5.41) is 7.75. The summed E-state index contributed by atoms with van der Waals surface area (Å²) in [4.78, 5) is 0. The molecule has 0 unspecified atom stereocenters. The van der Waals surface area contributed by atoms with E-state index in [0.29, 0.717) is 0 Å². The zero-order valence-electron chi connectivity index (χ0n) is 26.3. The summed E-state index contributed by atoms with van der Waals surface area (Å²) < 4.78 is 0. The summed E-state index contributed by atoms with van der Waals surface area (Å²) in [5.74, 6) is 0. The molecule has 1 aliphatic carbocycles. The van der Waals surface area contributed by atoms with Crippen LogP contribution in [-0.4, -0.2) is 0 Å². The number of rotatable bonds is 4. The van der Waals surface area contributed by atoms with Crippen LogP contribution in [0.4, 0.5) is 0 Å². The third kappa shape index (κ3) is 4.03. The van der Waals surface area contributed by atoms with E-state index >= 15 is 0 Å². The van der Waals surface area contributed by atoms with Crippen LogP contribution in [0.25, 0.3) is 99.1 Å². The molecule has 9 aromatic carbocycles. The zero-order chi connectivity index (χ0) is 31.6. The maximum absolute atomic E-state index is 2.38. The Hall–Kier alpha value is -6.24. The predicted octanol–water partition coefficient (Wildman–Crippen LogP) is 13.5. The van der Waals surface area contributed by atoms with E-state index in [0.717, 1.165) is 0 Å². The van der Waals surface area contributed by atoms with Gasteiger partial charge in [0.25, 0.3) is 0 Å². The van der Waals surface area contributed by atoms with Crippen LogP contribution in [0.15, 0.2) is 182 Å². The molecule has 0 fully saturated rings. The van der Waals surface area contributed by atoms with E-state index in [1.165, 1.54) is 99.1 Å². The maximum atomic E-state index is 2.38. The second kappa shape index (κ2) is 10.7. The fraction of sp³-hybridized carbons (Fsp3) is 0. The Kier molecular flexibility index (Phi) is 5.98. The van der Waals surface area contributed by atoms with Gasteiger partial charge in [-0.1, -0.05) is 176 Å². The SMILES string of the molecule is c1ccc(-c2c3c(c(-c4ccccc4)c4ccccc24)-c2ccc(-c4ccc(-c5ccc6ccccc6c5)cc4)c4cccc-3c24)cc1. The average Bonchev–Trinajstić information content (AvgIpc) is 3.49. The number of benzene rings is 9. The van der Waals surface area contributed by atoms with Crippen LogP contribution >= 0.6 is 0 Å². The summed E-state index contributed by atoms with van der Waals surface area (Å²) in [6.07, 6.45) is 0. The van der Waals surface area contributed by atoms with Gasteiger partial charge in [0.05, 0.1) is 0 Å². The van der Waals surface area contributed by atoms with Crippen LogP contribution in [0.5, 0.6) is 0 Å². The van der Waals surface area contributed by atoms with Crippen molar-refractivity contribution in [1.29, 1.82) is 0 Å². The minimum Gasteiger partial charge on any atom is -0.0622 e. The molecule has 0 atom stereocenters. The van der Waals surface area contributed by atoms with Gasteiger partial charge in [0.15, 0.2) is 0 Å². The predicted molar refractivity (Wildman–Crippen MR) is 205 cm³/mol. The smallest absolute Gasteiger partial charge is 0.000741 e. The van der Waals surface area contributed by atoms with Crippen molar-refractivity contribution in [2.45, 2.75) is 0 Å². The van der Waals surface area contributed by atoms with Crippen molar-refractivity contribution in [2.75, 3.05) is 0 Å². The van der Waals surface area contributed by atoms with E-state index < -0.39 is 0 Å². The lowest BCUT2D eigenvalue weighted by Crippen LogP contribution is -1.93. The van der Waals surface area contributed by atoms with Gasteiger partial charge in [-0.15, -0.1) is 0 Å². The number of hydrogen-bond acceptors (Lipinski definition) is 0. The molecule has 0 nitrogen and oxygen atoms in total. The first kappa shape index (κ1) is 26.9. The molecule has 0 saturated heterocycles. The standard InChI is InChI=1S/C48H30/c1-3-13-34(14-4-1)44-40-18-9-10-19-41(40)45(35-15-5-2-6-16-35)48-43-29-28-38(39-20-11-21-42(46(39)43)47(44)48)33-25-22-32(23-26-33)37-27-24-31-12-7-8-17-36(31)30-37/h1-30H. The van der Waals surface area contributed by atoms with Crippen molar-refractivity contribution in [3.63, 3.8) is 0 Å². The molecule has 0 heteroatoms. The van der Waals surface area contributed by atoms with E-state index in [1.807, 2.05) is 0 Å². The van der Waals surface area contributed by atoms with Gasteiger partial charge in [-0.2, -0.15) is 0 Å². The molecule has 48 heavy (non-hydrogen) atoms. The number of hydrogen-bond donors (Lipinski definition) is 0. The van der Waals surface area contributed by atoms with Crippen molar-refractivity contribution in [2.24, 2.45) is 0 Å². The third-order valence-corrected chi connectivity index (χ3v) is 10.2. The van der Waals surface area contributed by atoms with Crippen LogP contribution in [-0.2, 0) is 0 Å². The first-order valence-electron chi connectivity index (χ1n) is 16.7. The molecule has 222 valence electrons. The first-order chi connectivity index (χ1) is 23.8. The van der Waals surface area contributed by atoms with E-state index in [9.17, 15) is 0 Å². The van der Waals surface area contributed by atoms with Crippen molar-refractivity contribution in [1.82, 2.24) is 0 Å². The lowest BCUT2D eigenvalue weighted by molar-refractivity contribution is 1.62. The van der Waals surface area contributed by atoms with Gasteiger partial charge < -0.3 is 0 Å². The van der Waals surface area contributed by atoms with Crippen LogP contribution in [0.2, 0.25) is 0 Å². The van der Waals surface area contributed by atoms with Crippen molar-refractivity contribution >= 4 is 32.3 Å². The highest BCUT2D eigenvalue weighted by Gasteiger charge is 2.31. The molecule has 1 aliphatic rings. The molecule has 9 aromatic rings. The van der Waals surface area contributed by atoms with Gasteiger partial charge in [0.2, 0.25) is 0 Å². The van der Waals surface area contributed by atoms with Crippen LogP contribution < -0.4 is 0 Å². The van der Waals surface area contributed by atoms with Crippen LogP contribution in [0, 0.1) is 0 Å². The molecule has 0 bridgehead atoms. The fourth-order valence-corrected chi connectivity index (χ4v) is 8.07. The molecular weight excluding hydrogens is 577 g/mol. The Labute approximate surface area is 280 Å².